The first-order valence-electron chi connectivity index (χ1n) is 6.97. The first kappa shape index (κ1) is 13.3. The maximum absolute atomic E-state index is 9.15. The van der Waals surface area contributed by atoms with Crippen molar-refractivity contribution < 1.29 is 9.47 Å². The molecule has 0 amide bonds. The quantitative estimate of drug-likeness (QED) is 0.813. The summed E-state index contributed by atoms with van der Waals surface area (Å²) in [7, 11) is 1.98. The summed E-state index contributed by atoms with van der Waals surface area (Å²) in [6.07, 6.45) is 5.27. The van der Waals surface area contributed by atoms with Gasteiger partial charge in [-0.3, -0.25) is 0 Å². The normalized spacial score (nSPS) is 21.8. The Morgan fingerprint density at radius 2 is 2.05 bits per heavy atom. The molecule has 106 valence electrons. The Labute approximate surface area is 118 Å². The second-order valence-electron chi connectivity index (χ2n) is 5.33. The van der Waals surface area contributed by atoms with Gasteiger partial charge in [0.1, 0.15) is 6.07 Å². The Morgan fingerprint density at radius 1 is 1.35 bits per heavy atom. The van der Waals surface area contributed by atoms with Crippen LogP contribution in [0.2, 0.25) is 0 Å². The van der Waals surface area contributed by atoms with Crippen molar-refractivity contribution in [3.63, 3.8) is 0 Å². The molecule has 0 atom stereocenters. The van der Waals surface area contributed by atoms with E-state index in [1.165, 1.54) is 0 Å². The minimum absolute atomic E-state index is 0.345. The molecular formula is C14H18N4O2. The number of aromatic nitrogens is 2. The maximum atomic E-state index is 9.15. The van der Waals surface area contributed by atoms with Crippen LogP contribution in [0.3, 0.4) is 0 Å². The third-order valence-corrected chi connectivity index (χ3v) is 4.23. The van der Waals surface area contributed by atoms with Gasteiger partial charge in [-0.1, -0.05) is 0 Å². The summed E-state index contributed by atoms with van der Waals surface area (Å²) < 4.78 is 11.5. The van der Waals surface area contributed by atoms with Gasteiger partial charge in [0, 0.05) is 25.9 Å². The summed E-state index contributed by atoms with van der Waals surface area (Å²) in [5, 5.41) is 17.1. The van der Waals surface area contributed by atoms with Gasteiger partial charge in [0.2, 0.25) is 0 Å². The van der Waals surface area contributed by atoms with E-state index >= 15 is 0 Å². The fourth-order valence-electron chi connectivity index (χ4n) is 3.06. The third kappa shape index (κ3) is 2.35. The second kappa shape index (κ2) is 5.35. The van der Waals surface area contributed by atoms with Crippen LogP contribution in [0, 0.1) is 11.3 Å². The summed E-state index contributed by atoms with van der Waals surface area (Å²) >= 11 is 0. The lowest BCUT2D eigenvalue weighted by molar-refractivity contribution is -0.178. The first-order chi connectivity index (χ1) is 9.74. The van der Waals surface area contributed by atoms with Crippen molar-refractivity contribution in [2.24, 2.45) is 0 Å². The van der Waals surface area contributed by atoms with Gasteiger partial charge >= 0.3 is 0 Å². The summed E-state index contributed by atoms with van der Waals surface area (Å²) in [4.78, 5) is 2.06. The number of hydrogen-bond donors (Lipinski definition) is 0. The number of hydrogen-bond acceptors (Lipinski definition) is 6. The SMILES string of the molecule is CN(c1nnccc1C#N)C1CCC2(CC1)OCCO2. The largest absolute Gasteiger partial charge is 0.354 e. The van der Waals surface area contributed by atoms with E-state index in [0.717, 1.165) is 25.7 Å². The Bertz CT molecular complexity index is 512. The van der Waals surface area contributed by atoms with E-state index in [9.17, 15) is 0 Å². The van der Waals surface area contributed by atoms with Crippen LogP contribution in [-0.4, -0.2) is 42.3 Å². The zero-order valence-electron chi connectivity index (χ0n) is 11.6. The van der Waals surface area contributed by atoms with Crippen molar-refractivity contribution in [2.45, 2.75) is 37.5 Å². The molecule has 0 aromatic carbocycles. The van der Waals surface area contributed by atoms with Gasteiger partial charge in [0.25, 0.3) is 0 Å². The van der Waals surface area contributed by atoms with Crippen molar-refractivity contribution in [3.8, 4) is 6.07 Å². The van der Waals surface area contributed by atoms with Gasteiger partial charge in [-0.25, -0.2) is 0 Å². The molecule has 0 radical (unpaired) electrons. The van der Waals surface area contributed by atoms with E-state index in [4.69, 9.17) is 14.7 Å². The van der Waals surface area contributed by atoms with Crippen LogP contribution in [0.1, 0.15) is 31.2 Å². The third-order valence-electron chi connectivity index (χ3n) is 4.23. The van der Waals surface area contributed by atoms with Crippen LogP contribution in [0.15, 0.2) is 12.3 Å². The van der Waals surface area contributed by atoms with E-state index in [-0.39, 0.29) is 5.79 Å². The second-order valence-corrected chi connectivity index (χ2v) is 5.33. The average molecular weight is 274 g/mol. The molecule has 1 saturated heterocycles. The zero-order chi connectivity index (χ0) is 14.0. The number of ether oxygens (including phenoxy) is 2. The van der Waals surface area contributed by atoms with Crippen LogP contribution >= 0.6 is 0 Å². The van der Waals surface area contributed by atoms with Crippen molar-refractivity contribution >= 4 is 5.82 Å². The van der Waals surface area contributed by atoms with Gasteiger partial charge in [-0.05, 0) is 18.9 Å². The molecule has 2 heterocycles. The van der Waals surface area contributed by atoms with E-state index < -0.39 is 0 Å². The highest BCUT2D eigenvalue weighted by Crippen LogP contribution is 2.38. The van der Waals surface area contributed by atoms with Crippen LogP contribution < -0.4 is 4.90 Å². The zero-order valence-corrected chi connectivity index (χ0v) is 11.6. The Balaban J connectivity index is 1.70. The van der Waals surface area contributed by atoms with Gasteiger partial charge in [0.05, 0.1) is 25.0 Å². The monoisotopic (exact) mass is 274 g/mol. The van der Waals surface area contributed by atoms with Crippen molar-refractivity contribution in [3.05, 3.63) is 17.8 Å². The molecule has 6 nitrogen and oxygen atoms in total. The lowest BCUT2D eigenvalue weighted by atomic mass is 9.89. The van der Waals surface area contributed by atoms with Gasteiger partial charge in [-0.15, -0.1) is 5.10 Å². The van der Waals surface area contributed by atoms with E-state index in [1.54, 1.807) is 12.3 Å². The molecule has 20 heavy (non-hydrogen) atoms. The molecule has 3 rings (SSSR count). The standard InChI is InChI=1S/C14H18N4O2/c1-18(13-11(10-15)4-7-16-17-13)12-2-5-14(6-3-12)19-8-9-20-14/h4,7,12H,2-3,5-6,8-9H2,1H3. The molecule has 0 unspecified atom stereocenters. The lowest BCUT2D eigenvalue weighted by Crippen LogP contribution is -2.43. The smallest absolute Gasteiger partial charge is 0.169 e. The molecular weight excluding hydrogens is 256 g/mol. The minimum Gasteiger partial charge on any atom is -0.354 e. The summed E-state index contributed by atoms with van der Waals surface area (Å²) in [5.41, 5.74) is 0.566. The van der Waals surface area contributed by atoms with Crippen molar-refractivity contribution in [2.75, 3.05) is 25.2 Å². The molecule has 1 aromatic heterocycles. The fourth-order valence-corrected chi connectivity index (χ4v) is 3.06. The van der Waals surface area contributed by atoms with Gasteiger partial charge in [0.15, 0.2) is 11.6 Å². The van der Waals surface area contributed by atoms with Crippen LogP contribution in [0.25, 0.3) is 0 Å². The van der Waals surface area contributed by atoms with E-state index in [2.05, 4.69) is 21.2 Å². The van der Waals surface area contributed by atoms with Crippen LogP contribution in [0.5, 0.6) is 0 Å². The Morgan fingerprint density at radius 3 is 2.70 bits per heavy atom. The Hall–Kier alpha value is -1.71. The van der Waals surface area contributed by atoms with E-state index in [1.807, 2.05) is 7.05 Å². The summed E-state index contributed by atoms with van der Waals surface area (Å²) in [6.45, 7) is 1.40. The van der Waals surface area contributed by atoms with Crippen LogP contribution in [0.4, 0.5) is 5.82 Å². The first-order valence-corrected chi connectivity index (χ1v) is 6.97. The number of rotatable bonds is 2. The molecule has 2 aliphatic rings. The van der Waals surface area contributed by atoms with Gasteiger partial charge < -0.3 is 14.4 Å². The topological polar surface area (TPSA) is 71.3 Å². The number of nitrogens with zero attached hydrogens (tertiary/aromatic N) is 4. The summed E-state index contributed by atoms with van der Waals surface area (Å²) in [6, 6.07) is 4.22. The molecule has 2 fully saturated rings. The molecule has 1 aliphatic heterocycles. The molecule has 0 bridgehead atoms. The highest BCUT2D eigenvalue weighted by Gasteiger charge is 2.41. The maximum Gasteiger partial charge on any atom is 0.169 e. The lowest BCUT2D eigenvalue weighted by Gasteiger charge is -2.39. The van der Waals surface area contributed by atoms with E-state index in [0.29, 0.717) is 30.6 Å². The molecule has 1 aliphatic carbocycles. The highest BCUT2D eigenvalue weighted by atomic mass is 16.7. The molecule has 1 aromatic rings. The average Bonchev–Trinajstić information content (AvgIpc) is 2.95. The van der Waals surface area contributed by atoms with Crippen molar-refractivity contribution in [1.82, 2.24) is 10.2 Å². The highest BCUT2D eigenvalue weighted by molar-refractivity contribution is 5.52. The number of nitriles is 1. The predicted octanol–water partition coefficient (Wildman–Crippen LogP) is 1.47. The molecule has 1 saturated carbocycles. The number of anilines is 1. The minimum atomic E-state index is -0.349. The molecule has 6 heteroatoms. The Kier molecular flexibility index (Phi) is 3.55. The molecule has 1 spiro atoms. The van der Waals surface area contributed by atoms with Crippen LogP contribution in [-0.2, 0) is 9.47 Å². The predicted molar refractivity (Wildman–Crippen MR) is 72.0 cm³/mol. The fraction of sp³-hybridized carbons (Fsp3) is 0.643. The van der Waals surface area contributed by atoms with Gasteiger partial charge in [-0.2, -0.15) is 10.4 Å². The summed E-state index contributed by atoms with van der Waals surface area (Å²) in [5.74, 6) is 0.307. The molecule has 0 N–H and O–H groups in total. The van der Waals surface area contributed by atoms with Crippen molar-refractivity contribution in [1.29, 1.82) is 5.26 Å².